The van der Waals surface area contributed by atoms with Crippen molar-refractivity contribution in [2.24, 2.45) is 0 Å². The first-order valence-corrected chi connectivity index (χ1v) is 18.5. The molecular formula is C42H35N3O5S2. The number of rotatable bonds is 12. The maximum absolute atomic E-state index is 13.8. The van der Waals surface area contributed by atoms with Crippen molar-refractivity contribution in [2.75, 3.05) is 4.90 Å². The van der Waals surface area contributed by atoms with Gasteiger partial charge in [-0.2, -0.15) is 0 Å². The minimum Gasteiger partial charge on any atom is -0.507 e. The molecule has 10 heteroatoms. The van der Waals surface area contributed by atoms with Crippen LogP contribution in [-0.4, -0.2) is 27.0 Å². The number of aryl methyl sites for hydroxylation is 2. The van der Waals surface area contributed by atoms with E-state index >= 15 is 0 Å². The Morgan fingerprint density at radius 1 is 0.750 bits per heavy atom. The molecule has 0 aliphatic carbocycles. The number of thioether (sulfide) groups is 1. The Balaban J connectivity index is 1.18. The molecular weight excluding hydrogens is 691 g/mol. The zero-order valence-electron chi connectivity index (χ0n) is 28.6. The van der Waals surface area contributed by atoms with Gasteiger partial charge in [0.1, 0.15) is 30.5 Å². The highest BCUT2D eigenvalue weighted by Crippen LogP contribution is 2.44. The van der Waals surface area contributed by atoms with Gasteiger partial charge >= 0.3 is 5.91 Å². The van der Waals surface area contributed by atoms with Crippen LogP contribution in [0.15, 0.2) is 137 Å². The molecule has 0 bridgehead atoms. The Kier molecular flexibility index (Phi) is 10.5. The normalized spacial score (nSPS) is 15.2. The number of aliphatic hydroxyl groups excluding tert-OH is 1. The molecule has 1 fully saturated rings. The first-order valence-electron chi connectivity index (χ1n) is 16.7. The molecule has 1 aliphatic rings. The second-order valence-electron chi connectivity index (χ2n) is 12.4. The zero-order valence-corrected chi connectivity index (χ0v) is 30.2. The molecule has 1 aromatic heterocycles. The number of aliphatic hydroxyl groups is 1. The Hall–Kier alpha value is -5.71. The van der Waals surface area contributed by atoms with Crippen LogP contribution in [0.2, 0.25) is 0 Å². The fourth-order valence-corrected chi connectivity index (χ4v) is 7.64. The van der Waals surface area contributed by atoms with Crippen molar-refractivity contribution < 1.29 is 24.2 Å². The van der Waals surface area contributed by atoms with E-state index in [9.17, 15) is 14.7 Å². The average Bonchev–Trinajstić information content (AvgIpc) is 3.75. The number of benzene rings is 5. The molecule has 1 saturated heterocycles. The maximum Gasteiger partial charge on any atom is 0.301 e. The zero-order chi connectivity index (χ0) is 36.0. The quantitative estimate of drug-likeness (QED) is 0.0438. The van der Waals surface area contributed by atoms with Crippen LogP contribution in [-0.2, 0) is 28.6 Å². The number of ether oxygens (including phenoxy) is 2. The number of Topliss-reactive ketones (excluding diaryl/α,β-unsaturated/α-hetero) is 1. The van der Waals surface area contributed by atoms with E-state index in [0.717, 1.165) is 22.3 Å². The molecule has 6 aromatic rings. The predicted molar refractivity (Wildman–Crippen MR) is 205 cm³/mol. The number of anilines is 1. The Morgan fingerprint density at radius 2 is 1.40 bits per heavy atom. The lowest BCUT2D eigenvalue weighted by Gasteiger charge is -2.22. The molecule has 2 heterocycles. The van der Waals surface area contributed by atoms with Gasteiger partial charge in [0, 0.05) is 11.3 Å². The smallest absolute Gasteiger partial charge is 0.301 e. The van der Waals surface area contributed by atoms with Crippen molar-refractivity contribution in [1.82, 2.24) is 10.2 Å². The van der Waals surface area contributed by atoms with Crippen LogP contribution in [0.4, 0.5) is 5.13 Å². The molecule has 1 amide bonds. The first kappa shape index (κ1) is 34.7. The van der Waals surface area contributed by atoms with E-state index in [1.165, 1.54) is 33.6 Å². The summed E-state index contributed by atoms with van der Waals surface area (Å²) in [6, 6.07) is 39.1. The molecule has 1 N–H and O–H groups in total. The summed E-state index contributed by atoms with van der Waals surface area (Å²) in [5, 5.41) is 20.7. The second-order valence-corrected chi connectivity index (χ2v) is 14.6. The molecule has 0 radical (unpaired) electrons. The molecule has 0 spiro atoms. The number of hydrogen-bond donors (Lipinski definition) is 1. The molecule has 5 aromatic carbocycles. The lowest BCUT2D eigenvalue weighted by molar-refractivity contribution is -0.132. The molecule has 260 valence electrons. The van der Waals surface area contributed by atoms with E-state index in [1.807, 2.05) is 68.4 Å². The van der Waals surface area contributed by atoms with Crippen molar-refractivity contribution >= 4 is 45.7 Å². The summed E-state index contributed by atoms with van der Waals surface area (Å²) in [6.45, 7) is 4.85. The summed E-state index contributed by atoms with van der Waals surface area (Å²) >= 11 is 2.73. The topological polar surface area (TPSA) is 102 Å². The van der Waals surface area contributed by atoms with Crippen LogP contribution in [0, 0.1) is 13.8 Å². The van der Waals surface area contributed by atoms with Gasteiger partial charge in [0.25, 0.3) is 5.78 Å². The Labute approximate surface area is 310 Å². The van der Waals surface area contributed by atoms with Gasteiger partial charge in [-0.25, -0.2) is 0 Å². The van der Waals surface area contributed by atoms with E-state index < -0.39 is 17.7 Å². The van der Waals surface area contributed by atoms with Crippen LogP contribution in [0.5, 0.6) is 11.5 Å². The number of nitrogens with zero attached hydrogens (tertiary/aromatic N) is 3. The molecule has 0 saturated carbocycles. The van der Waals surface area contributed by atoms with Crippen LogP contribution < -0.4 is 14.4 Å². The number of ketones is 1. The predicted octanol–water partition coefficient (Wildman–Crippen LogP) is 9.23. The van der Waals surface area contributed by atoms with Gasteiger partial charge in [-0.15, -0.1) is 10.2 Å². The molecule has 1 aliphatic heterocycles. The van der Waals surface area contributed by atoms with Gasteiger partial charge in [-0.1, -0.05) is 120 Å². The lowest BCUT2D eigenvalue weighted by Crippen LogP contribution is -2.29. The minimum absolute atomic E-state index is 0.0411. The number of aromatic nitrogens is 2. The highest BCUT2D eigenvalue weighted by atomic mass is 32.2. The van der Waals surface area contributed by atoms with Crippen molar-refractivity contribution in [3.63, 3.8) is 0 Å². The number of carbonyl (C=O) groups is 2. The van der Waals surface area contributed by atoms with Crippen molar-refractivity contribution in [3.05, 3.63) is 172 Å². The van der Waals surface area contributed by atoms with Crippen LogP contribution >= 0.6 is 23.1 Å². The van der Waals surface area contributed by atoms with Crippen molar-refractivity contribution in [3.8, 4) is 11.5 Å². The summed E-state index contributed by atoms with van der Waals surface area (Å²) < 4.78 is 12.7. The summed E-state index contributed by atoms with van der Waals surface area (Å²) in [6.07, 6.45) is 0. The lowest BCUT2D eigenvalue weighted by atomic mass is 9.95. The number of hydrogen-bond acceptors (Lipinski definition) is 9. The van der Waals surface area contributed by atoms with Gasteiger partial charge in [-0.3, -0.25) is 14.5 Å². The minimum atomic E-state index is -0.956. The average molecular weight is 726 g/mol. The fraction of sp³-hybridized carbons (Fsp3) is 0.143. The largest absolute Gasteiger partial charge is 0.507 e. The number of carbonyl (C=O) groups excluding carboxylic acids is 2. The molecule has 7 rings (SSSR count). The molecule has 1 unspecified atom stereocenters. The molecule has 8 nitrogen and oxygen atoms in total. The summed E-state index contributed by atoms with van der Waals surface area (Å²) in [5.41, 5.74) is 6.48. The Bertz CT molecular complexity index is 2220. The fourth-order valence-electron chi connectivity index (χ4n) is 5.82. The third-order valence-electron chi connectivity index (χ3n) is 8.76. The van der Waals surface area contributed by atoms with Gasteiger partial charge < -0.3 is 14.6 Å². The van der Waals surface area contributed by atoms with E-state index in [2.05, 4.69) is 34.5 Å². The van der Waals surface area contributed by atoms with Crippen molar-refractivity contribution in [1.29, 1.82) is 0 Å². The van der Waals surface area contributed by atoms with Crippen LogP contribution in [0.1, 0.15) is 45.0 Å². The van der Waals surface area contributed by atoms with E-state index in [-0.39, 0.29) is 16.5 Å². The highest BCUT2D eigenvalue weighted by Gasteiger charge is 2.48. The van der Waals surface area contributed by atoms with Gasteiger partial charge in [0.15, 0.2) is 4.34 Å². The van der Waals surface area contributed by atoms with Crippen LogP contribution in [0.3, 0.4) is 0 Å². The summed E-state index contributed by atoms with van der Waals surface area (Å²) in [4.78, 5) is 28.9. The summed E-state index contributed by atoms with van der Waals surface area (Å²) in [7, 11) is 0. The monoisotopic (exact) mass is 725 g/mol. The third-order valence-corrected chi connectivity index (χ3v) is 10.9. The first-order chi connectivity index (χ1) is 25.3. The second kappa shape index (κ2) is 15.7. The van der Waals surface area contributed by atoms with Gasteiger partial charge in [0.05, 0.1) is 11.6 Å². The van der Waals surface area contributed by atoms with Crippen LogP contribution in [0.25, 0.3) is 5.76 Å². The number of amides is 1. The van der Waals surface area contributed by atoms with E-state index in [4.69, 9.17) is 9.47 Å². The van der Waals surface area contributed by atoms with Gasteiger partial charge in [-0.05, 0) is 78.1 Å². The molecule has 1 atom stereocenters. The van der Waals surface area contributed by atoms with E-state index in [1.54, 1.807) is 48.5 Å². The molecule has 52 heavy (non-hydrogen) atoms. The third kappa shape index (κ3) is 7.78. The Morgan fingerprint density at radius 3 is 2.12 bits per heavy atom. The summed E-state index contributed by atoms with van der Waals surface area (Å²) in [5.74, 6) is 0.00564. The highest BCUT2D eigenvalue weighted by molar-refractivity contribution is 8.00. The van der Waals surface area contributed by atoms with Crippen molar-refractivity contribution in [2.45, 2.75) is 43.2 Å². The van der Waals surface area contributed by atoms with Gasteiger partial charge in [0.2, 0.25) is 5.13 Å². The van der Waals surface area contributed by atoms with E-state index in [0.29, 0.717) is 45.9 Å². The standard InChI is InChI=1S/C42H35N3O5S2/c1-27-12-14-30(15-13-27)26-51-42-44-43-41(52-42)45-37(31-16-20-34(21-17-31)49-24-29-9-4-3-5-10-29)36(39(47)40(45)48)38(46)32-18-22-35(23-19-32)50-25-33-11-7-6-8-28(33)2/h3-23,37,46H,24-26H2,1-2H3. The maximum atomic E-state index is 13.8. The SMILES string of the molecule is Cc1ccc(CSc2nnc(N3C(=O)C(=O)C(=C(O)c4ccc(OCc5ccccc5C)cc4)C3c3ccc(OCc4ccccc4)cc3)s2)cc1.